The van der Waals surface area contributed by atoms with E-state index in [9.17, 15) is 26.3 Å². The number of halogens is 6. The molecule has 2 aromatic carbocycles. The Morgan fingerprint density at radius 3 is 2.47 bits per heavy atom. The summed E-state index contributed by atoms with van der Waals surface area (Å²) in [7, 11) is 0. The van der Waals surface area contributed by atoms with Crippen molar-refractivity contribution in [1.82, 2.24) is 10.3 Å². The molecule has 4 nitrogen and oxygen atoms in total. The van der Waals surface area contributed by atoms with E-state index in [0.717, 1.165) is 34.5 Å². The molecule has 0 saturated heterocycles. The Bertz CT molecular complexity index is 1160. The van der Waals surface area contributed by atoms with Gasteiger partial charge in [0.25, 0.3) is 0 Å². The lowest BCUT2D eigenvalue weighted by atomic mass is 10.0. The molecular weight excluding hydrogens is 460 g/mol. The predicted octanol–water partition coefficient (Wildman–Crippen LogP) is 4.80. The van der Waals surface area contributed by atoms with E-state index >= 15 is 0 Å². The SMILES string of the molecule is O[C@@H](CNCc1cccc2c1CCN2c1cc(Cc2cc(F)c(F)c(F)c2)ccn1)C(F)(F)F. The van der Waals surface area contributed by atoms with Gasteiger partial charge in [-0.25, -0.2) is 18.2 Å². The number of fused-ring (bicyclic) bond motifs is 1. The van der Waals surface area contributed by atoms with Crippen molar-refractivity contribution in [3.63, 3.8) is 0 Å². The van der Waals surface area contributed by atoms with Gasteiger partial charge < -0.3 is 15.3 Å². The molecule has 10 heteroatoms. The first-order valence-corrected chi connectivity index (χ1v) is 10.6. The van der Waals surface area contributed by atoms with E-state index in [1.165, 1.54) is 0 Å². The molecular formula is C24H21F6N3O. The summed E-state index contributed by atoms with van der Waals surface area (Å²) in [6.07, 6.45) is -4.71. The molecule has 3 aromatic rings. The molecule has 2 heterocycles. The van der Waals surface area contributed by atoms with Gasteiger partial charge in [0.1, 0.15) is 5.82 Å². The Hall–Kier alpha value is -3.11. The van der Waals surface area contributed by atoms with Crippen LogP contribution in [0.2, 0.25) is 0 Å². The highest BCUT2D eigenvalue weighted by Gasteiger charge is 2.37. The van der Waals surface area contributed by atoms with E-state index in [2.05, 4.69) is 10.3 Å². The molecule has 0 amide bonds. The molecule has 1 aliphatic rings. The van der Waals surface area contributed by atoms with Gasteiger partial charge in [-0.15, -0.1) is 0 Å². The molecule has 180 valence electrons. The highest BCUT2D eigenvalue weighted by Crippen LogP contribution is 2.36. The normalized spacial score (nSPS) is 14.4. The van der Waals surface area contributed by atoms with Gasteiger partial charge in [0, 0.05) is 31.5 Å². The monoisotopic (exact) mass is 481 g/mol. The molecule has 1 aromatic heterocycles. The summed E-state index contributed by atoms with van der Waals surface area (Å²) in [4.78, 5) is 6.35. The van der Waals surface area contributed by atoms with Crippen molar-refractivity contribution < 1.29 is 31.4 Å². The van der Waals surface area contributed by atoms with Crippen LogP contribution in [0.3, 0.4) is 0 Å². The molecule has 0 radical (unpaired) electrons. The number of hydrogen-bond acceptors (Lipinski definition) is 4. The molecule has 0 bridgehead atoms. The summed E-state index contributed by atoms with van der Waals surface area (Å²) in [6.45, 7) is 0.151. The minimum absolute atomic E-state index is 0.166. The van der Waals surface area contributed by atoms with Crippen molar-refractivity contribution in [3.8, 4) is 0 Å². The first-order chi connectivity index (χ1) is 16.1. The van der Waals surface area contributed by atoms with E-state index in [1.807, 2.05) is 17.0 Å². The van der Waals surface area contributed by atoms with Gasteiger partial charge in [-0.05, 0) is 65.4 Å². The van der Waals surface area contributed by atoms with Crippen LogP contribution in [0.25, 0.3) is 0 Å². The maximum Gasteiger partial charge on any atom is 0.415 e. The second kappa shape index (κ2) is 9.63. The van der Waals surface area contributed by atoms with Crippen LogP contribution < -0.4 is 10.2 Å². The minimum Gasteiger partial charge on any atom is -0.382 e. The molecule has 0 fully saturated rings. The topological polar surface area (TPSA) is 48.4 Å². The molecule has 2 N–H and O–H groups in total. The van der Waals surface area contributed by atoms with E-state index in [1.54, 1.807) is 24.4 Å². The fraction of sp³-hybridized carbons (Fsp3) is 0.292. The van der Waals surface area contributed by atoms with Crippen molar-refractivity contribution >= 4 is 11.5 Å². The summed E-state index contributed by atoms with van der Waals surface area (Å²) >= 11 is 0. The number of nitrogens with one attached hydrogen (secondary N) is 1. The molecule has 4 rings (SSSR count). The van der Waals surface area contributed by atoms with E-state index in [-0.39, 0.29) is 18.5 Å². The van der Waals surface area contributed by atoms with Crippen LogP contribution in [0, 0.1) is 17.5 Å². The lowest BCUT2D eigenvalue weighted by Gasteiger charge is -2.20. The van der Waals surface area contributed by atoms with Gasteiger partial charge in [0.2, 0.25) is 0 Å². The molecule has 34 heavy (non-hydrogen) atoms. The van der Waals surface area contributed by atoms with Gasteiger partial charge in [-0.3, -0.25) is 0 Å². The van der Waals surface area contributed by atoms with E-state index in [0.29, 0.717) is 18.8 Å². The van der Waals surface area contributed by atoms with Gasteiger partial charge in [0.05, 0.1) is 0 Å². The lowest BCUT2D eigenvalue weighted by molar-refractivity contribution is -0.201. The number of aliphatic hydroxyl groups is 1. The maximum absolute atomic E-state index is 13.6. The second-order valence-electron chi connectivity index (χ2n) is 8.08. The number of pyridine rings is 1. The van der Waals surface area contributed by atoms with Crippen molar-refractivity contribution in [2.24, 2.45) is 0 Å². The van der Waals surface area contributed by atoms with Crippen LogP contribution in [0.4, 0.5) is 37.8 Å². The van der Waals surface area contributed by atoms with Crippen LogP contribution in [-0.2, 0) is 19.4 Å². The summed E-state index contributed by atoms with van der Waals surface area (Å²) in [6, 6.07) is 10.9. The van der Waals surface area contributed by atoms with Gasteiger partial charge in [-0.2, -0.15) is 13.2 Å². The number of anilines is 2. The fourth-order valence-corrected chi connectivity index (χ4v) is 4.03. The minimum atomic E-state index is -4.68. The summed E-state index contributed by atoms with van der Waals surface area (Å²) < 4.78 is 77.8. The zero-order chi connectivity index (χ0) is 24.5. The first-order valence-electron chi connectivity index (χ1n) is 10.6. The quantitative estimate of drug-likeness (QED) is 0.376. The zero-order valence-corrected chi connectivity index (χ0v) is 17.8. The van der Waals surface area contributed by atoms with Gasteiger partial charge in [-0.1, -0.05) is 12.1 Å². The average Bonchev–Trinajstić information content (AvgIpc) is 3.22. The smallest absolute Gasteiger partial charge is 0.382 e. The van der Waals surface area contributed by atoms with E-state index < -0.39 is 36.3 Å². The van der Waals surface area contributed by atoms with Crippen LogP contribution >= 0.6 is 0 Å². The lowest BCUT2D eigenvalue weighted by Crippen LogP contribution is -2.38. The molecule has 1 aliphatic heterocycles. The molecule has 0 spiro atoms. The highest BCUT2D eigenvalue weighted by molar-refractivity contribution is 5.69. The van der Waals surface area contributed by atoms with E-state index in [4.69, 9.17) is 5.11 Å². The van der Waals surface area contributed by atoms with Crippen LogP contribution in [0.5, 0.6) is 0 Å². The van der Waals surface area contributed by atoms with Crippen LogP contribution in [-0.4, -0.2) is 35.5 Å². The standard InChI is InChI=1S/C24H21F6N3O/c25-18-9-15(10-19(26)23(18)27)8-14-4-6-32-22(11-14)33-7-5-17-16(2-1-3-20(17)33)12-31-13-21(34)24(28,29)30/h1-4,6,9-11,21,31,34H,5,7-8,12-13H2/t21-/m0/s1. The molecule has 0 saturated carbocycles. The summed E-state index contributed by atoms with van der Waals surface area (Å²) in [5.41, 5.74) is 3.65. The Morgan fingerprint density at radius 1 is 1.03 bits per heavy atom. The Balaban J connectivity index is 1.50. The Labute approximate surface area is 191 Å². The molecule has 0 unspecified atom stereocenters. The summed E-state index contributed by atoms with van der Waals surface area (Å²) in [5, 5.41) is 11.8. The van der Waals surface area contributed by atoms with Crippen molar-refractivity contribution in [1.29, 1.82) is 0 Å². The number of aliphatic hydroxyl groups excluding tert-OH is 1. The van der Waals surface area contributed by atoms with Crippen molar-refractivity contribution in [2.45, 2.75) is 31.7 Å². The number of benzene rings is 2. The number of alkyl halides is 3. The fourth-order valence-electron chi connectivity index (χ4n) is 4.03. The largest absolute Gasteiger partial charge is 0.415 e. The maximum atomic E-state index is 13.6. The third kappa shape index (κ3) is 5.18. The van der Waals surface area contributed by atoms with Crippen LogP contribution in [0.15, 0.2) is 48.7 Å². The Kier molecular flexibility index (Phi) is 6.81. The predicted molar refractivity (Wildman–Crippen MR) is 114 cm³/mol. The third-order valence-electron chi connectivity index (χ3n) is 5.69. The Morgan fingerprint density at radius 2 is 1.76 bits per heavy atom. The first kappa shape index (κ1) is 24.0. The zero-order valence-electron chi connectivity index (χ0n) is 17.8. The summed E-state index contributed by atoms with van der Waals surface area (Å²) in [5.74, 6) is -3.40. The number of nitrogens with zero attached hydrogens (tertiary/aromatic N) is 2. The second-order valence-corrected chi connectivity index (χ2v) is 8.08. The molecule has 1 atom stereocenters. The van der Waals surface area contributed by atoms with Crippen molar-refractivity contribution in [3.05, 3.63) is 88.4 Å². The molecule has 0 aliphatic carbocycles. The van der Waals surface area contributed by atoms with Gasteiger partial charge >= 0.3 is 6.18 Å². The van der Waals surface area contributed by atoms with Crippen molar-refractivity contribution in [2.75, 3.05) is 18.0 Å². The third-order valence-corrected chi connectivity index (χ3v) is 5.69. The number of hydrogen-bond donors (Lipinski definition) is 2. The van der Waals surface area contributed by atoms with Gasteiger partial charge in [0.15, 0.2) is 23.6 Å². The highest BCUT2D eigenvalue weighted by atomic mass is 19.4. The number of aromatic nitrogens is 1. The average molecular weight is 481 g/mol. The number of rotatable bonds is 7. The van der Waals surface area contributed by atoms with Crippen LogP contribution in [0.1, 0.15) is 22.3 Å².